The molecule has 6 heteroatoms. The van der Waals surface area contributed by atoms with Gasteiger partial charge < -0.3 is 15.2 Å². The van der Waals surface area contributed by atoms with Crippen molar-refractivity contribution in [3.8, 4) is 22.8 Å². The van der Waals surface area contributed by atoms with Crippen LogP contribution in [0, 0.1) is 0 Å². The van der Waals surface area contributed by atoms with Crippen LogP contribution in [0.15, 0.2) is 12.1 Å². The standard InChI is InChI=1S/C19H25ClN2O2S/c1-23-15-11-14(20)16(24-2)10-13(15)18-19(12-6-4-3-5-7-12)25-17(22-18)8-9-21/h10-12H,3-9,21H2,1-2H3. The molecule has 0 aliphatic heterocycles. The first-order valence-electron chi connectivity index (χ1n) is 8.79. The van der Waals surface area contributed by atoms with Gasteiger partial charge >= 0.3 is 0 Å². The summed E-state index contributed by atoms with van der Waals surface area (Å²) in [7, 11) is 3.29. The highest BCUT2D eigenvalue weighted by Gasteiger charge is 2.25. The normalized spacial score (nSPS) is 15.4. The van der Waals surface area contributed by atoms with Crippen molar-refractivity contribution in [1.29, 1.82) is 0 Å². The molecule has 136 valence electrons. The summed E-state index contributed by atoms with van der Waals surface area (Å²) in [6, 6.07) is 3.75. The smallest absolute Gasteiger partial charge is 0.138 e. The van der Waals surface area contributed by atoms with Crippen molar-refractivity contribution in [3.63, 3.8) is 0 Å². The van der Waals surface area contributed by atoms with Crippen molar-refractivity contribution >= 4 is 22.9 Å². The van der Waals surface area contributed by atoms with Gasteiger partial charge in [-0.2, -0.15) is 0 Å². The minimum Gasteiger partial charge on any atom is -0.496 e. The Morgan fingerprint density at radius 3 is 2.52 bits per heavy atom. The molecule has 0 atom stereocenters. The van der Waals surface area contributed by atoms with E-state index in [0.717, 1.165) is 28.4 Å². The number of rotatable bonds is 6. The van der Waals surface area contributed by atoms with Crippen LogP contribution in [0.4, 0.5) is 0 Å². The average Bonchev–Trinajstić information content (AvgIpc) is 3.06. The zero-order valence-electron chi connectivity index (χ0n) is 14.8. The molecule has 25 heavy (non-hydrogen) atoms. The molecule has 1 heterocycles. The molecule has 1 aliphatic carbocycles. The Morgan fingerprint density at radius 1 is 1.16 bits per heavy atom. The van der Waals surface area contributed by atoms with Gasteiger partial charge in [-0.25, -0.2) is 4.98 Å². The van der Waals surface area contributed by atoms with Gasteiger partial charge in [-0.05, 0) is 31.4 Å². The second-order valence-electron chi connectivity index (χ2n) is 6.38. The van der Waals surface area contributed by atoms with E-state index in [-0.39, 0.29) is 0 Å². The number of methoxy groups -OCH3 is 2. The van der Waals surface area contributed by atoms with E-state index in [2.05, 4.69) is 0 Å². The van der Waals surface area contributed by atoms with Gasteiger partial charge in [0.15, 0.2) is 0 Å². The third-order valence-electron chi connectivity index (χ3n) is 4.76. The molecule has 4 nitrogen and oxygen atoms in total. The summed E-state index contributed by atoms with van der Waals surface area (Å²) < 4.78 is 11.0. The lowest BCUT2D eigenvalue weighted by atomic mass is 9.86. The van der Waals surface area contributed by atoms with Gasteiger partial charge in [-0.3, -0.25) is 0 Å². The molecule has 1 aromatic carbocycles. The van der Waals surface area contributed by atoms with Gasteiger partial charge in [0.25, 0.3) is 0 Å². The summed E-state index contributed by atoms with van der Waals surface area (Å²) >= 11 is 8.07. The lowest BCUT2D eigenvalue weighted by Gasteiger charge is -2.22. The molecule has 1 fully saturated rings. The minimum absolute atomic E-state index is 0.541. The molecule has 2 aromatic rings. The summed E-state index contributed by atoms with van der Waals surface area (Å²) in [6.45, 7) is 0.609. The predicted molar refractivity (Wildman–Crippen MR) is 104 cm³/mol. The number of nitrogens with two attached hydrogens (primary N) is 1. The largest absolute Gasteiger partial charge is 0.496 e. The Morgan fingerprint density at radius 2 is 1.88 bits per heavy atom. The number of aromatic nitrogens is 1. The van der Waals surface area contributed by atoms with Gasteiger partial charge in [0.2, 0.25) is 0 Å². The zero-order chi connectivity index (χ0) is 17.8. The van der Waals surface area contributed by atoms with Crippen LogP contribution in [0.2, 0.25) is 5.02 Å². The fourth-order valence-corrected chi connectivity index (χ4v) is 4.98. The maximum Gasteiger partial charge on any atom is 0.138 e. The number of thiazole rings is 1. The van der Waals surface area contributed by atoms with E-state index >= 15 is 0 Å². The van der Waals surface area contributed by atoms with Crippen molar-refractivity contribution < 1.29 is 9.47 Å². The molecule has 0 saturated heterocycles. The first kappa shape index (κ1) is 18.5. The van der Waals surface area contributed by atoms with E-state index in [0.29, 0.717) is 23.2 Å². The Kier molecular flexibility index (Phi) is 6.20. The molecular weight excluding hydrogens is 356 g/mol. The monoisotopic (exact) mass is 380 g/mol. The van der Waals surface area contributed by atoms with Crippen LogP contribution in [-0.4, -0.2) is 25.7 Å². The van der Waals surface area contributed by atoms with Crippen LogP contribution in [0.3, 0.4) is 0 Å². The third kappa shape index (κ3) is 3.94. The first-order valence-corrected chi connectivity index (χ1v) is 9.99. The van der Waals surface area contributed by atoms with Crippen molar-refractivity contribution in [3.05, 3.63) is 27.0 Å². The second-order valence-corrected chi connectivity index (χ2v) is 7.90. The van der Waals surface area contributed by atoms with Gasteiger partial charge in [-0.1, -0.05) is 30.9 Å². The van der Waals surface area contributed by atoms with Gasteiger partial charge in [0.1, 0.15) is 11.5 Å². The van der Waals surface area contributed by atoms with Crippen molar-refractivity contribution in [2.45, 2.75) is 44.4 Å². The number of hydrogen-bond donors (Lipinski definition) is 1. The van der Waals surface area contributed by atoms with E-state index in [1.807, 2.05) is 12.1 Å². The third-order valence-corrected chi connectivity index (χ3v) is 6.33. The summed E-state index contributed by atoms with van der Waals surface area (Å²) in [4.78, 5) is 6.27. The second kappa shape index (κ2) is 8.39. The molecular formula is C19H25ClN2O2S. The van der Waals surface area contributed by atoms with E-state index < -0.39 is 0 Å². The number of nitrogens with zero attached hydrogens (tertiary/aromatic N) is 1. The zero-order valence-corrected chi connectivity index (χ0v) is 16.4. The fraction of sp³-hybridized carbons (Fsp3) is 0.526. The van der Waals surface area contributed by atoms with E-state index in [1.165, 1.54) is 37.0 Å². The SMILES string of the molecule is COc1cc(-c2nc(CCN)sc2C2CCCCC2)c(OC)cc1Cl. The Hall–Kier alpha value is -1.30. The van der Waals surface area contributed by atoms with Gasteiger partial charge in [-0.15, -0.1) is 11.3 Å². The summed E-state index contributed by atoms with van der Waals surface area (Å²) in [5, 5.41) is 1.63. The fourth-order valence-electron chi connectivity index (χ4n) is 3.49. The molecule has 1 aliphatic rings. The molecule has 1 saturated carbocycles. The average molecular weight is 381 g/mol. The molecule has 0 amide bonds. The Balaban J connectivity index is 2.11. The van der Waals surface area contributed by atoms with Crippen LogP contribution in [0.1, 0.15) is 47.9 Å². The number of hydrogen-bond acceptors (Lipinski definition) is 5. The topological polar surface area (TPSA) is 57.4 Å². The van der Waals surface area contributed by atoms with Crippen LogP contribution in [0.5, 0.6) is 11.5 Å². The molecule has 2 N–H and O–H groups in total. The first-order chi connectivity index (χ1) is 12.2. The number of halogens is 1. The molecule has 1 aromatic heterocycles. The van der Waals surface area contributed by atoms with Crippen LogP contribution < -0.4 is 15.2 Å². The Labute approximate surface area is 158 Å². The lowest BCUT2D eigenvalue weighted by Crippen LogP contribution is -2.04. The molecule has 0 unspecified atom stereocenters. The highest BCUT2D eigenvalue weighted by atomic mass is 35.5. The predicted octanol–water partition coefficient (Wildman–Crippen LogP) is 5.03. The van der Waals surface area contributed by atoms with E-state index in [1.54, 1.807) is 25.6 Å². The number of ether oxygens (including phenoxy) is 2. The maximum atomic E-state index is 6.27. The van der Waals surface area contributed by atoms with Crippen LogP contribution in [-0.2, 0) is 6.42 Å². The maximum absolute atomic E-state index is 6.27. The molecule has 0 radical (unpaired) electrons. The molecule has 0 spiro atoms. The van der Waals surface area contributed by atoms with E-state index in [4.69, 9.17) is 31.8 Å². The van der Waals surface area contributed by atoms with Crippen LogP contribution in [0.25, 0.3) is 11.3 Å². The summed E-state index contributed by atoms with van der Waals surface area (Å²) in [6.07, 6.45) is 7.16. The van der Waals surface area contributed by atoms with Crippen molar-refractivity contribution in [2.75, 3.05) is 20.8 Å². The van der Waals surface area contributed by atoms with Crippen molar-refractivity contribution in [1.82, 2.24) is 4.98 Å². The molecule has 3 rings (SSSR count). The minimum atomic E-state index is 0.541. The highest BCUT2D eigenvalue weighted by molar-refractivity contribution is 7.12. The summed E-state index contributed by atoms with van der Waals surface area (Å²) in [5.74, 6) is 1.94. The number of benzene rings is 1. The van der Waals surface area contributed by atoms with Crippen molar-refractivity contribution in [2.24, 2.45) is 5.73 Å². The Bertz CT molecular complexity index is 726. The van der Waals surface area contributed by atoms with Crippen LogP contribution >= 0.6 is 22.9 Å². The van der Waals surface area contributed by atoms with E-state index in [9.17, 15) is 0 Å². The lowest BCUT2D eigenvalue weighted by molar-refractivity contribution is 0.404. The summed E-state index contributed by atoms with van der Waals surface area (Å²) in [5.41, 5.74) is 7.72. The van der Waals surface area contributed by atoms with Gasteiger partial charge in [0.05, 0.1) is 29.9 Å². The molecule has 0 bridgehead atoms. The highest BCUT2D eigenvalue weighted by Crippen LogP contribution is 2.45. The quantitative estimate of drug-likeness (QED) is 0.763. The van der Waals surface area contributed by atoms with Gasteiger partial charge in [0, 0.05) is 22.9 Å².